The van der Waals surface area contributed by atoms with Crippen molar-refractivity contribution in [3.05, 3.63) is 41.5 Å². The minimum absolute atomic E-state index is 0.0695. The van der Waals surface area contributed by atoms with Crippen molar-refractivity contribution >= 4 is 22.0 Å². The first kappa shape index (κ1) is 21.6. The molecule has 6 nitrogen and oxygen atoms in total. The van der Waals surface area contributed by atoms with E-state index in [1.807, 2.05) is 50.3 Å². The van der Waals surface area contributed by atoms with E-state index in [4.69, 9.17) is 0 Å². The molecule has 1 aromatic carbocycles. The first-order chi connectivity index (χ1) is 12.7. The summed E-state index contributed by atoms with van der Waals surface area (Å²) < 4.78 is 26.0. The molecule has 27 heavy (non-hydrogen) atoms. The van der Waals surface area contributed by atoms with Crippen LogP contribution < -0.4 is 0 Å². The fourth-order valence-electron chi connectivity index (χ4n) is 3.94. The second kappa shape index (κ2) is 8.99. The van der Waals surface area contributed by atoms with Gasteiger partial charge in [0.15, 0.2) is 0 Å². The topological polar surface area (TPSA) is 77.9 Å². The molecule has 0 aromatic heterocycles. The molecular formula is C20H30N2O4S. The number of aliphatic hydroxyl groups excluding tert-OH is 1. The van der Waals surface area contributed by atoms with E-state index in [2.05, 4.69) is 0 Å². The minimum Gasteiger partial charge on any atom is -0.395 e. The van der Waals surface area contributed by atoms with E-state index < -0.39 is 16.1 Å². The van der Waals surface area contributed by atoms with Gasteiger partial charge < -0.3 is 10.0 Å². The molecule has 0 bridgehead atoms. The molecule has 1 aromatic rings. The number of hydrogen-bond acceptors (Lipinski definition) is 4. The fraction of sp³-hybridized carbons (Fsp3) is 0.550. The number of sulfonamides is 1. The third-order valence-electron chi connectivity index (χ3n) is 5.08. The van der Waals surface area contributed by atoms with E-state index in [0.717, 1.165) is 23.8 Å². The molecule has 1 heterocycles. The van der Waals surface area contributed by atoms with Crippen LogP contribution in [0.25, 0.3) is 6.08 Å². The maximum absolute atomic E-state index is 12.3. The molecule has 2 rings (SSSR count). The van der Waals surface area contributed by atoms with E-state index in [-0.39, 0.29) is 24.5 Å². The Morgan fingerprint density at radius 2 is 1.89 bits per heavy atom. The van der Waals surface area contributed by atoms with Crippen LogP contribution in [0.4, 0.5) is 0 Å². The maximum Gasteiger partial charge on any atom is 0.219 e. The highest BCUT2D eigenvalue weighted by Crippen LogP contribution is 2.42. The lowest BCUT2D eigenvalue weighted by Gasteiger charge is -2.54. The Hall–Kier alpha value is -1.70. The van der Waals surface area contributed by atoms with Gasteiger partial charge in [-0.05, 0) is 24.5 Å². The summed E-state index contributed by atoms with van der Waals surface area (Å²) in [5.41, 5.74) is 2.04. The molecule has 1 saturated heterocycles. The average Bonchev–Trinajstić information content (AvgIpc) is 2.57. The second-order valence-electron chi connectivity index (χ2n) is 7.07. The summed E-state index contributed by atoms with van der Waals surface area (Å²) in [7, 11) is -3.50. The van der Waals surface area contributed by atoms with E-state index in [0.29, 0.717) is 13.1 Å². The number of hydrogen-bond donors (Lipinski definition) is 1. The molecule has 1 aliphatic rings. The van der Waals surface area contributed by atoms with Gasteiger partial charge in [-0.15, -0.1) is 0 Å². The Labute approximate surface area is 162 Å². The highest BCUT2D eigenvalue weighted by molar-refractivity contribution is 7.88. The first-order valence-electron chi connectivity index (χ1n) is 9.32. The van der Waals surface area contributed by atoms with Gasteiger partial charge in [-0.1, -0.05) is 43.3 Å². The van der Waals surface area contributed by atoms with Gasteiger partial charge in [0.1, 0.15) is 0 Å². The van der Waals surface area contributed by atoms with Crippen molar-refractivity contribution in [3.8, 4) is 0 Å². The summed E-state index contributed by atoms with van der Waals surface area (Å²) in [5, 5.41) is 9.86. The van der Waals surface area contributed by atoms with Crippen LogP contribution in [0.3, 0.4) is 0 Å². The smallest absolute Gasteiger partial charge is 0.219 e. The van der Waals surface area contributed by atoms with Gasteiger partial charge in [0.2, 0.25) is 15.9 Å². The van der Waals surface area contributed by atoms with Crippen LogP contribution in [0.5, 0.6) is 0 Å². The van der Waals surface area contributed by atoms with Gasteiger partial charge >= 0.3 is 0 Å². The van der Waals surface area contributed by atoms with Gasteiger partial charge in [0.25, 0.3) is 0 Å². The van der Waals surface area contributed by atoms with Crippen LogP contribution >= 0.6 is 0 Å². The molecule has 3 atom stereocenters. The fourth-order valence-corrected chi connectivity index (χ4v) is 5.32. The molecule has 0 saturated carbocycles. The van der Waals surface area contributed by atoms with Crippen LogP contribution in [0.15, 0.2) is 30.3 Å². The van der Waals surface area contributed by atoms with Gasteiger partial charge in [-0.2, -0.15) is 4.31 Å². The molecule has 1 aliphatic heterocycles. The zero-order valence-electron chi connectivity index (χ0n) is 16.5. The quantitative estimate of drug-likeness (QED) is 0.732. The number of allylic oxidation sites excluding steroid dienone is 1. The molecule has 0 spiro atoms. The number of carbonyl (C=O) groups is 1. The first-order valence-corrected chi connectivity index (χ1v) is 11.2. The van der Waals surface area contributed by atoms with Crippen LogP contribution in [0, 0.1) is 0 Å². The largest absolute Gasteiger partial charge is 0.395 e. The predicted molar refractivity (Wildman–Crippen MR) is 108 cm³/mol. The van der Waals surface area contributed by atoms with Crippen LogP contribution in [-0.4, -0.2) is 66.7 Å². The Bertz CT molecular complexity index is 774. The van der Waals surface area contributed by atoms with E-state index in [1.165, 1.54) is 11.2 Å². The highest BCUT2D eigenvalue weighted by Gasteiger charge is 2.53. The van der Waals surface area contributed by atoms with E-state index >= 15 is 0 Å². The number of benzene rings is 1. The molecule has 150 valence electrons. The van der Waals surface area contributed by atoms with Gasteiger partial charge in [0, 0.05) is 25.9 Å². The van der Waals surface area contributed by atoms with Gasteiger partial charge in [0.05, 0.1) is 24.9 Å². The molecule has 7 heteroatoms. The number of aliphatic hydroxyl groups is 1. The maximum atomic E-state index is 12.3. The average molecular weight is 395 g/mol. The third-order valence-corrected chi connectivity index (χ3v) is 6.39. The number of nitrogens with zero attached hydrogens (tertiary/aromatic N) is 2. The summed E-state index contributed by atoms with van der Waals surface area (Å²) in [6, 6.07) is 7.05. The summed E-state index contributed by atoms with van der Waals surface area (Å²) in [6.07, 6.45) is 5.91. The van der Waals surface area contributed by atoms with Gasteiger partial charge in [-0.3, -0.25) is 4.79 Å². The highest BCUT2D eigenvalue weighted by atomic mass is 32.2. The van der Waals surface area contributed by atoms with Crippen molar-refractivity contribution in [1.29, 1.82) is 0 Å². The summed E-state index contributed by atoms with van der Waals surface area (Å²) in [6.45, 7) is 6.10. The van der Waals surface area contributed by atoms with Gasteiger partial charge in [-0.25, -0.2) is 8.42 Å². The predicted octanol–water partition coefficient (Wildman–Crippen LogP) is 2.07. The number of carbonyl (C=O) groups excluding carboxylic acids is 1. The lowest BCUT2D eigenvalue weighted by molar-refractivity contribution is -0.130. The molecule has 1 amide bonds. The summed E-state index contributed by atoms with van der Waals surface area (Å²) >= 11 is 0. The molecule has 0 unspecified atom stereocenters. The van der Waals surface area contributed by atoms with Crippen molar-refractivity contribution in [3.63, 3.8) is 0 Å². The summed E-state index contributed by atoms with van der Waals surface area (Å²) in [5.74, 6) is -0.219. The zero-order valence-corrected chi connectivity index (χ0v) is 17.3. The summed E-state index contributed by atoms with van der Waals surface area (Å²) in [4.78, 5) is 13.7. The molecule has 1 N–H and O–H groups in total. The Kier molecular flexibility index (Phi) is 7.19. The Morgan fingerprint density at radius 3 is 2.33 bits per heavy atom. The lowest BCUT2D eigenvalue weighted by Crippen LogP contribution is -2.68. The normalized spacial score (nSPS) is 23.4. The third kappa shape index (κ3) is 4.78. The standard InChI is InChI=1S/C20H30N2O4S/c1-5-7-16-8-10-17(11-9-16)20-18(13-21(12-6-2)15(3)24)22(19(20)14-23)27(4,25)26/h5,7-11,18-20,23H,6,12-14H2,1-4H3/b7-5+/t18-,19-,20-/m1/s1. The van der Waals surface area contributed by atoms with Crippen LogP contribution in [0.2, 0.25) is 0 Å². The van der Waals surface area contributed by atoms with Crippen molar-refractivity contribution in [2.45, 2.75) is 45.2 Å². The number of rotatable bonds is 8. The van der Waals surface area contributed by atoms with E-state index in [1.54, 1.807) is 4.90 Å². The Balaban J connectivity index is 2.37. The van der Waals surface area contributed by atoms with Crippen LogP contribution in [-0.2, 0) is 14.8 Å². The van der Waals surface area contributed by atoms with E-state index in [9.17, 15) is 18.3 Å². The van der Waals surface area contributed by atoms with Crippen LogP contribution in [0.1, 0.15) is 44.2 Å². The Morgan fingerprint density at radius 1 is 1.26 bits per heavy atom. The number of amides is 1. The van der Waals surface area contributed by atoms with Crippen molar-refractivity contribution in [2.75, 3.05) is 26.0 Å². The SMILES string of the molecule is C/C=C/c1ccc([C@H]2[C@@H](CO)N(S(C)(=O)=O)[C@@H]2CN(CCC)C(C)=O)cc1. The van der Waals surface area contributed by atoms with Crippen molar-refractivity contribution in [2.24, 2.45) is 0 Å². The molecular weight excluding hydrogens is 364 g/mol. The lowest BCUT2D eigenvalue weighted by atomic mass is 9.77. The zero-order chi connectivity index (χ0) is 20.2. The molecule has 0 radical (unpaired) electrons. The monoisotopic (exact) mass is 394 g/mol. The second-order valence-corrected chi connectivity index (χ2v) is 8.96. The minimum atomic E-state index is -3.50. The van der Waals surface area contributed by atoms with Crippen molar-refractivity contribution < 1.29 is 18.3 Å². The van der Waals surface area contributed by atoms with Crippen molar-refractivity contribution in [1.82, 2.24) is 9.21 Å². The molecule has 0 aliphatic carbocycles. The molecule has 1 fully saturated rings.